The van der Waals surface area contributed by atoms with Gasteiger partial charge >= 0.3 is 0 Å². The van der Waals surface area contributed by atoms with Crippen LogP contribution in [0, 0.1) is 5.92 Å². The van der Waals surface area contributed by atoms with Gasteiger partial charge in [0.25, 0.3) is 5.91 Å². The number of hydrogen-bond donors (Lipinski definition) is 1. The van der Waals surface area contributed by atoms with Crippen LogP contribution in [0.4, 0.5) is 0 Å². The van der Waals surface area contributed by atoms with Crippen LogP contribution in [0.1, 0.15) is 23.2 Å². The standard InChI is InChI=1S/C20H20N2O3/c23-13-14-5-3-9-22(12-14)20(24)16-11-18(19-8-4-10-25-19)21-17-7-2-1-6-15(16)17/h1-2,4,6-8,10-11,14,23H,3,5,9,12-13H2. The zero-order valence-electron chi connectivity index (χ0n) is 13.9. The quantitative estimate of drug-likeness (QED) is 0.796. The SMILES string of the molecule is O=C(c1cc(-c2ccco2)nc2ccccc12)N1CCCC(CO)C1. The van der Waals surface area contributed by atoms with E-state index in [4.69, 9.17) is 4.42 Å². The van der Waals surface area contributed by atoms with E-state index in [-0.39, 0.29) is 18.4 Å². The number of carbonyl (C=O) groups is 1. The van der Waals surface area contributed by atoms with Crippen molar-refractivity contribution in [3.05, 3.63) is 54.3 Å². The van der Waals surface area contributed by atoms with Gasteiger partial charge in [-0.1, -0.05) is 18.2 Å². The van der Waals surface area contributed by atoms with Crippen molar-refractivity contribution in [1.29, 1.82) is 0 Å². The average Bonchev–Trinajstić information content (AvgIpc) is 3.21. The normalized spacial score (nSPS) is 17.8. The highest BCUT2D eigenvalue weighted by molar-refractivity contribution is 6.07. The van der Waals surface area contributed by atoms with Crippen LogP contribution in [0.3, 0.4) is 0 Å². The molecule has 128 valence electrons. The second-order valence-corrected chi connectivity index (χ2v) is 6.49. The van der Waals surface area contributed by atoms with E-state index >= 15 is 0 Å². The van der Waals surface area contributed by atoms with Crippen molar-refractivity contribution in [2.45, 2.75) is 12.8 Å². The fourth-order valence-electron chi connectivity index (χ4n) is 3.47. The van der Waals surface area contributed by atoms with Crippen molar-refractivity contribution in [3.8, 4) is 11.5 Å². The Morgan fingerprint density at radius 1 is 1.28 bits per heavy atom. The molecule has 5 heteroatoms. The molecule has 1 aliphatic rings. The van der Waals surface area contributed by atoms with Crippen molar-refractivity contribution in [2.75, 3.05) is 19.7 Å². The molecule has 0 aliphatic carbocycles. The van der Waals surface area contributed by atoms with E-state index < -0.39 is 0 Å². The van der Waals surface area contributed by atoms with E-state index in [0.29, 0.717) is 23.6 Å². The van der Waals surface area contributed by atoms with Crippen molar-refractivity contribution in [2.24, 2.45) is 5.92 Å². The van der Waals surface area contributed by atoms with Gasteiger partial charge in [0.05, 0.1) is 17.3 Å². The van der Waals surface area contributed by atoms with E-state index in [1.54, 1.807) is 6.26 Å². The molecule has 1 saturated heterocycles. The van der Waals surface area contributed by atoms with Crippen LogP contribution >= 0.6 is 0 Å². The molecule has 1 fully saturated rings. The zero-order chi connectivity index (χ0) is 17.2. The summed E-state index contributed by atoms with van der Waals surface area (Å²) in [6, 6.07) is 13.1. The highest BCUT2D eigenvalue weighted by Crippen LogP contribution is 2.27. The zero-order valence-corrected chi connectivity index (χ0v) is 13.9. The summed E-state index contributed by atoms with van der Waals surface area (Å²) >= 11 is 0. The predicted octanol–water partition coefficient (Wildman–Crippen LogP) is 3.34. The van der Waals surface area contributed by atoms with Crippen LogP contribution in [0.25, 0.3) is 22.4 Å². The summed E-state index contributed by atoms with van der Waals surface area (Å²) in [6.45, 7) is 1.45. The summed E-state index contributed by atoms with van der Waals surface area (Å²) in [4.78, 5) is 19.7. The van der Waals surface area contributed by atoms with Gasteiger partial charge < -0.3 is 14.4 Å². The number of hydrogen-bond acceptors (Lipinski definition) is 4. The molecule has 0 bridgehead atoms. The number of para-hydroxylation sites is 1. The summed E-state index contributed by atoms with van der Waals surface area (Å²) in [5.41, 5.74) is 2.06. The molecular weight excluding hydrogens is 316 g/mol. The van der Waals surface area contributed by atoms with E-state index in [1.165, 1.54) is 0 Å². The Morgan fingerprint density at radius 3 is 2.96 bits per heavy atom. The fraction of sp³-hybridized carbons (Fsp3) is 0.300. The smallest absolute Gasteiger partial charge is 0.254 e. The lowest BCUT2D eigenvalue weighted by Gasteiger charge is -2.32. The molecule has 3 heterocycles. The van der Waals surface area contributed by atoms with E-state index in [2.05, 4.69) is 4.98 Å². The first kappa shape index (κ1) is 15.8. The molecule has 4 rings (SSSR count). The van der Waals surface area contributed by atoms with Gasteiger partial charge in [-0.15, -0.1) is 0 Å². The second kappa shape index (κ2) is 6.69. The third-order valence-electron chi connectivity index (χ3n) is 4.78. The Morgan fingerprint density at radius 2 is 2.16 bits per heavy atom. The molecule has 0 radical (unpaired) electrons. The minimum Gasteiger partial charge on any atom is -0.463 e. The van der Waals surface area contributed by atoms with Gasteiger partial charge in [0.2, 0.25) is 0 Å². The van der Waals surface area contributed by atoms with Crippen LogP contribution < -0.4 is 0 Å². The molecule has 1 aromatic carbocycles. The molecule has 1 atom stereocenters. The van der Waals surface area contributed by atoms with Gasteiger partial charge in [0.1, 0.15) is 5.69 Å². The van der Waals surface area contributed by atoms with Crippen molar-refractivity contribution in [1.82, 2.24) is 9.88 Å². The molecule has 1 amide bonds. The number of benzene rings is 1. The summed E-state index contributed by atoms with van der Waals surface area (Å²) in [5.74, 6) is 0.798. The molecular formula is C20H20N2O3. The summed E-state index contributed by atoms with van der Waals surface area (Å²) in [6.07, 6.45) is 3.49. The van der Waals surface area contributed by atoms with Crippen LogP contribution in [0.2, 0.25) is 0 Å². The summed E-state index contributed by atoms with van der Waals surface area (Å²) < 4.78 is 5.46. The lowest BCUT2D eigenvalue weighted by atomic mass is 9.97. The summed E-state index contributed by atoms with van der Waals surface area (Å²) in [5, 5.41) is 10.3. The number of furan rings is 1. The van der Waals surface area contributed by atoms with Crippen molar-refractivity contribution < 1.29 is 14.3 Å². The number of aromatic nitrogens is 1. The first-order chi connectivity index (χ1) is 12.3. The minimum absolute atomic E-state index is 0.00967. The molecule has 3 aromatic rings. The van der Waals surface area contributed by atoms with Crippen molar-refractivity contribution >= 4 is 16.8 Å². The Balaban J connectivity index is 1.78. The number of nitrogens with zero attached hydrogens (tertiary/aromatic N) is 2. The monoisotopic (exact) mass is 336 g/mol. The number of likely N-dealkylation sites (tertiary alicyclic amines) is 1. The van der Waals surface area contributed by atoms with Gasteiger partial charge in [-0.2, -0.15) is 0 Å². The number of piperidine rings is 1. The lowest BCUT2D eigenvalue weighted by Crippen LogP contribution is -2.41. The first-order valence-corrected chi connectivity index (χ1v) is 8.60. The van der Waals surface area contributed by atoms with E-state index in [0.717, 1.165) is 30.3 Å². The molecule has 5 nitrogen and oxygen atoms in total. The maximum Gasteiger partial charge on any atom is 0.254 e. The number of rotatable bonds is 3. The van der Waals surface area contributed by atoms with Gasteiger partial charge in [0, 0.05) is 25.1 Å². The number of amides is 1. The Kier molecular flexibility index (Phi) is 4.24. The highest BCUT2D eigenvalue weighted by Gasteiger charge is 2.26. The molecule has 1 aliphatic heterocycles. The third kappa shape index (κ3) is 3.03. The second-order valence-electron chi connectivity index (χ2n) is 6.49. The van der Waals surface area contributed by atoms with Gasteiger partial charge in [-0.05, 0) is 43.0 Å². The Labute approximate surface area is 145 Å². The molecule has 0 spiro atoms. The van der Waals surface area contributed by atoms with Crippen LogP contribution in [0.15, 0.2) is 53.1 Å². The van der Waals surface area contributed by atoms with E-state index in [1.807, 2.05) is 47.4 Å². The van der Waals surface area contributed by atoms with Crippen LogP contribution in [0.5, 0.6) is 0 Å². The molecule has 2 aromatic heterocycles. The topological polar surface area (TPSA) is 66.6 Å². The minimum atomic E-state index is -0.00967. The largest absolute Gasteiger partial charge is 0.463 e. The molecule has 0 saturated carbocycles. The van der Waals surface area contributed by atoms with E-state index in [9.17, 15) is 9.90 Å². The highest BCUT2D eigenvalue weighted by atomic mass is 16.3. The van der Waals surface area contributed by atoms with Crippen molar-refractivity contribution in [3.63, 3.8) is 0 Å². The average molecular weight is 336 g/mol. The number of carbonyl (C=O) groups excluding carboxylic acids is 1. The number of pyridine rings is 1. The van der Waals surface area contributed by atoms with Gasteiger partial charge in [-0.3, -0.25) is 4.79 Å². The maximum atomic E-state index is 13.2. The molecule has 25 heavy (non-hydrogen) atoms. The van der Waals surface area contributed by atoms with Crippen LogP contribution in [-0.2, 0) is 0 Å². The Hall–Kier alpha value is -2.66. The van der Waals surface area contributed by atoms with Gasteiger partial charge in [-0.25, -0.2) is 4.98 Å². The first-order valence-electron chi connectivity index (χ1n) is 8.60. The predicted molar refractivity (Wildman–Crippen MR) is 95.2 cm³/mol. The van der Waals surface area contributed by atoms with Gasteiger partial charge in [0.15, 0.2) is 5.76 Å². The summed E-state index contributed by atoms with van der Waals surface area (Å²) in [7, 11) is 0. The third-order valence-corrected chi connectivity index (χ3v) is 4.78. The molecule has 1 unspecified atom stereocenters. The number of aliphatic hydroxyl groups is 1. The Bertz CT molecular complexity index is 889. The maximum absolute atomic E-state index is 13.2. The fourth-order valence-corrected chi connectivity index (χ4v) is 3.47. The lowest BCUT2D eigenvalue weighted by molar-refractivity contribution is 0.0622. The molecule has 1 N–H and O–H groups in total. The number of aliphatic hydroxyl groups excluding tert-OH is 1. The van der Waals surface area contributed by atoms with Crippen LogP contribution in [-0.4, -0.2) is 40.6 Å². The number of fused-ring (bicyclic) bond motifs is 1.